The largest absolute Gasteiger partial charge is 0.495 e. The summed E-state index contributed by atoms with van der Waals surface area (Å²) in [6.45, 7) is 4.50. The quantitative estimate of drug-likeness (QED) is 0.482. The van der Waals surface area contributed by atoms with Gasteiger partial charge in [0.2, 0.25) is 4.96 Å². The Hall–Kier alpha value is -3.46. The number of nitrogens with zero attached hydrogens (tertiary/aromatic N) is 4. The van der Waals surface area contributed by atoms with Crippen molar-refractivity contribution in [2.75, 3.05) is 19.0 Å². The number of methoxy groups -OCH3 is 1. The summed E-state index contributed by atoms with van der Waals surface area (Å²) in [5.41, 5.74) is 1.95. The minimum absolute atomic E-state index is 0.236. The summed E-state index contributed by atoms with van der Waals surface area (Å²) in [5.74, 6) is 1.86. The van der Waals surface area contributed by atoms with E-state index in [0.29, 0.717) is 23.6 Å². The van der Waals surface area contributed by atoms with Crippen LogP contribution < -0.4 is 14.8 Å². The zero-order valence-electron chi connectivity index (χ0n) is 16.9. The molecule has 0 aliphatic heterocycles. The van der Waals surface area contributed by atoms with E-state index in [1.54, 1.807) is 35.9 Å². The molecule has 0 fully saturated rings. The van der Waals surface area contributed by atoms with Crippen LogP contribution in [0.4, 0.5) is 5.69 Å². The smallest absolute Gasteiger partial charge is 0.255 e. The molecule has 1 amide bonds. The number of fused-ring (bicyclic) bond motifs is 1. The van der Waals surface area contributed by atoms with Gasteiger partial charge < -0.3 is 14.8 Å². The molecule has 0 radical (unpaired) electrons. The van der Waals surface area contributed by atoms with Gasteiger partial charge in [-0.3, -0.25) is 4.79 Å². The van der Waals surface area contributed by atoms with E-state index in [-0.39, 0.29) is 5.91 Å². The van der Waals surface area contributed by atoms with E-state index < -0.39 is 0 Å². The molecule has 154 valence electrons. The Morgan fingerprint density at radius 3 is 2.63 bits per heavy atom. The molecule has 0 unspecified atom stereocenters. The van der Waals surface area contributed by atoms with Crippen molar-refractivity contribution in [2.24, 2.45) is 0 Å². The van der Waals surface area contributed by atoms with Crippen molar-refractivity contribution in [3.8, 4) is 22.1 Å². The summed E-state index contributed by atoms with van der Waals surface area (Å²) in [6.07, 6.45) is 0.746. The van der Waals surface area contributed by atoms with Crippen molar-refractivity contribution in [3.05, 3.63) is 53.9 Å². The van der Waals surface area contributed by atoms with Gasteiger partial charge in [0.05, 0.1) is 19.4 Å². The number of ether oxygens (including phenoxy) is 2. The van der Waals surface area contributed by atoms with Crippen LogP contribution in [0.1, 0.15) is 30.0 Å². The van der Waals surface area contributed by atoms with E-state index >= 15 is 0 Å². The molecule has 0 spiro atoms. The first-order chi connectivity index (χ1) is 14.6. The molecule has 2 aromatic carbocycles. The molecule has 9 heteroatoms. The van der Waals surface area contributed by atoms with Crippen LogP contribution in [0.15, 0.2) is 42.5 Å². The normalized spacial score (nSPS) is 10.9. The van der Waals surface area contributed by atoms with Crippen LogP contribution in [0.2, 0.25) is 0 Å². The fourth-order valence-electron chi connectivity index (χ4n) is 3.00. The number of amides is 1. The lowest BCUT2D eigenvalue weighted by Crippen LogP contribution is -2.12. The molecular formula is C21H21N5O3S. The SMILES string of the molecule is CCOc1ccc(C(=O)Nc2cc(-c3nn4c(CC)nnc4s3)ccc2OC)cc1. The van der Waals surface area contributed by atoms with E-state index in [4.69, 9.17) is 9.47 Å². The molecule has 2 aromatic heterocycles. The highest BCUT2D eigenvalue weighted by Crippen LogP contribution is 2.33. The van der Waals surface area contributed by atoms with Crippen molar-refractivity contribution in [1.82, 2.24) is 19.8 Å². The maximum Gasteiger partial charge on any atom is 0.255 e. The molecule has 0 atom stereocenters. The van der Waals surface area contributed by atoms with E-state index in [1.165, 1.54) is 11.3 Å². The second-order valence-corrected chi connectivity index (χ2v) is 7.35. The fraction of sp³-hybridized carbons (Fsp3) is 0.238. The Morgan fingerprint density at radius 2 is 1.93 bits per heavy atom. The van der Waals surface area contributed by atoms with E-state index in [1.807, 2.05) is 32.0 Å². The van der Waals surface area contributed by atoms with Crippen LogP contribution >= 0.6 is 11.3 Å². The molecule has 0 aliphatic carbocycles. The number of benzene rings is 2. The monoisotopic (exact) mass is 423 g/mol. The maximum atomic E-state index is 12.7. The molecule has 1 N–H and O–H groups in total. The number of rotatable bonds is 7. The molecule has 0 saturated heterocycles. The highest BCUT2D eigenvalue weighted by Gasteiger charge is 2.15. The first-order valence-electron chi connectivity index (χ1n) is 9.56. The zero-order valence-corrected chi connectivity index (χ0v) is 17.7. The van der Waals surface area contributed by atoms with Crippen molar-refractivity contribution in [1.29, 1.82) is 0 Å². The molecule has 30 heavy (non-hydrogen) atoms. The third-order valence-corrected chi connectivity index (χ3v) is 5.44. The summed E-state index contributed by atoms with van der Waals surface area (Å²) in [5, 5.41) is 16.6. The number of anilines is 1. The number of aryl methyl sites for hydroxylation is 1. The summed E-state index contributed by atoms with van der Waals surface area (Å²) in [6, 6.07) is 12.6. The van der Waals surface area contributed by atoms with Crippen LogP contribution in [0.5, 0.6) is 11.5 Å². The Kier molecular flexibility index (Phi) is 5.62. The highest BCUT2D eigenvalue weighted by molar-refractivity contribution is 7.19. The molecule has 4 aromatic rings. The Bertz CT molecular complexity index is 1180. The van der Waals surface area contributed by atoms with Crippen LogP contribution in [0, 0.1) is 0 Å². The average Bonchev–Trinajstić information content (AvgIpc) is 3.35. The zero-order chi connectivity index (χ0) is 21.1. The third-order valence-electron chi connectivity index (χ3n) is 4.49. The maximum absolute atomic E-state index is 12.7. The lowest BCUT2D eigenvalue weighted by Gasteiger charge is -2.12. The minimum Gasteiger partial charge on any atom is -0.495 e. The number of nitrogens with one attached hydrogen (secondary N) is 1. The first kappa shape index (κ1) is 19.8. The second-order valence-electron chi connectivity index (χ2n) is 6.40. The van der Waals surface area contributed by atoms with Crippen molar-refractivity contribution in [3.63, 3.8) is 0 Å². The van der Waals surface area contributed by atoms with Gasteiger partial charge in [0.15, 0.2) is 5.82 Å². The van der Waals surface area contributed by atoms with Crippen LogP contribution in [-0.2, 0) is 6.42 Å². The van der Waals surface area contributed by atoms with E-state index in [0.717, 1.165) is 33.5 Å². The number of carbonyl (C=O) groups is 1. The van der Waals surface area contributed by atoms with Gasteiger partial charge in [-0.1, -0.05) is 18.3 Å². The van der Waals surface area contributed by atoms with E-state index in [9.17, 15) is 4.79 Å². The van der Waals surface area contributed by atoms with Crippen molar-refractivity contribution < 1.29 is 14.3 Å². The lowest BCUT2D eigenvalue weighted by atomic mass is 10.1. The predicted octanol–water partition coefficient (Wildman–Crippen LogP) is 4.07. The molecule has 4 rings (SSSR count). The van der Waals surface area contributed by atoms with Crippen molar-refractivity contribution >= 4 is 27.9 Å². The Balaban J connectivity index is 1.62. The summed E-state index contributed by atoms with van der Waals surface area (Å²) in [4.78, 5) is 13.5. The standard InChI is InChI=1S/C21H21N5O3S/c1-4-18-23-24-21-26(18)25-20(30-21)14-8-11-17(28-3)16(12-14)22-19(27)13-6-9-15(10-7-13)29-5-2/h6-12H,4-5H2,1-3H3,(H,22,27). The van der Waals surface area contributed by atoms with Crippen molar-refractivity contribution in [2.45, 2.75) is 20.3 Å². The molecular weight excluding hydrogens is 402 g/mol. The van der Waals surface area contributed by atoms with Gasteiger partial charge in [-0.2, -0.15) is 9.61 Å². The fourth-order valence-corrected chi connectivity index (χ4v) is 3.85. The molecule has 2 heterocycles. The number of aromatic nitrogens is 4. The summed E-state index contributed by atoms with van der Waals surface area (Å²) in [7, 11) is 1.57. The van der Waals surface area contributed by atoms with Gasteiger partial charge in [-0.15, -0.1) is 10.2 Å². The number of carbonyl (C=O) groups excluding carboxylic acids is 1. The summed E-state index contributed by atoms with van der Waals surface area (Å²) >= 11 is 1.44. The van der Waals surface area contributed by atoms with Crippen LogP contribution in [0.25, 0.3) is 15.5 Å². The van der Waals surface area contributed by atoms with Gasteiger partial charge in [0, 0.05) is 17.5 Å². The van der Waals surface area contributed by atoms with E-state index in [2.05, 4.69) is 20.6 Å². The van der Waals surface area contributed by atoms with Crippen LogP contribution in [-0.4, -0.2) is 39.4 Å². The molecule has 8 nitrogen and oxygen atoms in total. The lowest BCUT2D eigenvalue weighted by molar-refractivity contribution is 0.102. The van der Waals surface area contributed by atoms with Gasteiger partial charge >= 0.3 is 0 Å². The molecule has 0 saturated carbocycles. The van der Waals surface area contributed by atoms with Gasteiger partial charge in [0.25, 0.3) is 5.91 Å². The Morgan fingerprint density at radius 1 is 1.13 bits per heavy atom. The Labute approximate surface area is 177 Å². The van der Waals surface area contributed by atoms with Gasteiger partial charge in [-0.05, 0) is 49.4 Å². The molecule has 0 aliphatic rings. The second kappa shape index (κ2) is 8.50. The minimum atomic E-state index is -0.236. The summed E-state index contributed by atoms with van der Waals surface area (Å²) < 4.78 is 12.6. The number of hydrogen-bond acceptors (Lipinski definition) is 7. The third kappa shape index (κ3) is 3.84. The highest BCUT2D eigenvalue weighted by atomic mass is 32.1. The first-order valence-corrected chi connectivity index (χ1v) is 10.4. The number of hydrogen-bond donors (Lipinski definition) is 1. The van der Waals surface area contributed by atoms with Gasteiger partial charge in [0.1, 0.15) is 16.5 Å². The van der Waals surface area contributed by atoms with Crippen LogP contribution in [0.3, 0.4) is 0 Å². The average molecular weight is 423 g/mol. The predicted molar refractivity (Wildman–Crippen MR) is 116 cm³/mol. The topological polar surface area (TPSA) is 90.6 Å². The molecule has 0 bridgehead atoms. The van der Waals surface area contributed by atoms with Gasteiger partial charge in [-0.25, -0.2) is 0 Å².